The molecule has 0 atom stereocenters. The summed E-state index contributed by atoms with van der Waals surface area (Å²) >= 11 is 5.35. The van der Waals surface area contributed by atoms with Crippen LogP contribution in [0.15, 0.2) is 64.3 Å². The zero-order chi connectivity index (χ0) is 22.9. The Bertz CT molecular complexity index is 1480. The molecule has 2 aromatic heterocycles. The first-order valence-electron chi connectivity index (χ1n) is 9.47. The number of benzene rings is 2. The smallest absolute Gasteiger partial charge is 0.264 e. The Hall–Kier alpha value is -3.70. The maximum absolute atomic E-state index is 12.7. The van der Waals surface area contributed by atoms with Gasteiger partial charge in [-0.15, -0.1) is 0 Å². The summed E-state index contributed by atoms with van der Waals surface area (Å²) in [6, 6.07) is 14.7. The van der Waals surface area contributed by atoms with Crippen molar-refractivity contribution in [1.29, 1.82) is 0 Å². The molecule has 0 fully saturated rings. The van der Waals surface area contributed by atoms with Crippen molar-refractivity contribution >= 4 is 49.8 Å². The third kappa shape index (κ3) is 4.63. The number of aromatic amines is 1. The van der Waals surface area contributed by atoms with Crippen molar-refractivity contribution in [2.24, 2.45) is 0 Å². The van der Waals surface area contributed by atoms with Crippen LogP contribution in [0.1, 0.15) is 17.2 Å². The van der Waals surface area contributed by atoms with E-state index in [1.54, 1.807) is 56.3 Å². The first-order chi connectivity index (χ1) is 15.2. The Morgan fingerprint density at radius 3 is 2.31 bits per heavy atom. The van der Waals surface area contributed by atoms with Gasteiger partial charge in [-0.1, -0.05) is 24.4 Å². The van der Waals surface area contributed by atoms with Crippen molar-refractivity contribution in [2.45, 2.75) is 18.7 Å². The van der Waals surface area contributed by atoms with E-state index in [1.807, 2.05) is 0 Å². The van der Waals surface area contributed by atoms with Crippen LogP contribution in [0.4, 0.5) is 11.6 Å². The molecule has 0 radical (unpaired) electrons. The fourth-order valence-corrected chi connectivity index (χ4v) is 4.21. The maximum atomic E-state index is 12.7. The summed E-state index contributed by atoms with van der Waals surface area (Å²) in [5.41, 5.74) is 2.08. The number of nitrogens with zero attached hydrogens (tertiary/aromatic N) is 3. The highest BCUT2D eigenvalue weighted by Gasteiger charge is 2.16. The number of hydrogen-bond donors (Lipinski definition) is 3. The zero-order valence-corrected chi connectivity index (χ0v) is 18.7. The number of fused-ring (bicyclic) bond motifs is 1. The van der Waals surface area contributed by atoms with Gasteiger partial charge >= 0.3 is 0 Å². The lowest BCUT2D eigenvalue weighted by molar-refractivity contribution is 0.601. The van der Waals surface area contributed by atoms with Crippen LogP contribution < -0.4 is 15.6 Å². The van der Waals surface area contributed by atoms with Crippen LogP contribution in [-0.2, 0) is 10.0 Å². The van der Waals surface area contributed by atoms with Gasteiger partial charge in [0.05, 0.1) is 15.8 Å². The minimum absolute atomic E-state index is 0.0113. The fourth-order valence-electron chi connectivity index (χ4n) is 3.05. The normalized spacial score (nSPS) is 11.3. The van der Waals surface area contributed by atoms with E-state index < -0.39 is 10.0 Å². The Kier molecular flexibility index (Phi) is 5.68. The van der Waals surface area contributed by atoms with Crippen LogP contribution in [0.3, 0.4) is 0 Å². The van der Waals surface area contributed by atoms with E-state index in [2.05, 4.69) is 30.0 Å². The largest absolute Gasteiger partial charge is 0.344 e. The number of anilines is 2. The van der Waals surface area contributed by atoms with E-state index in [-0.39, 0.29) is 27.2 Å². The predicted octanol–water partition coefficient (Wildman–Crippen LogP) is 2.92. The van der Waals surface area contributed by atoms with E-state index >= 15 is 0 Å². The van der Waals surface area contributed by atoms with Gasteiger partial charge in [0.15, 0.2) is 5.82 Å². The SMILES string of the molecule is Cc1cc(C)nc(NS(=O)(=O)c2ccc(NC(=S)c3nc4ccccc4c(=O)[nH]3)cc2)n1. The minimum atomic E-state index is -3.87. The van der Waals surface area contributed by atoms with Gasteiger partial charge in [0, 0.05) is 17.1 Å². The summed E-state index contributed by atoms with van der Waals surface area (Å²) in [5, 5.41) is 3.42. The summed E-state index contributed by atoms with van der Waals surface area (Å²) in [4.78, 5) is 27.7. The van der Waals surface area contributed by atoms with Gasteiger partial charge in [-0.05, 0) is 56.3 Å². The summed E-state index contributed by atoms with van der Waals surface area (Å²) in [7, 11) is -3.87. The van der Waals surface area contributed by atoms with Crippen molar-refractivity contribution in [3.8, 4) is 0 Å². The van der Waals surface area contributed by atoms with Gasteiger partial charge in [0.2, 0.25) is 5.95 Å². The van der Waals surface area contributed by atoms with Crippen LogP contribution in [0, 0.1) is 13.8 Å². The van der Waals surface area contributed by atoms with E-state index in [1.165, 1.54) is 12.1 Å². The van der Waals surface area contributed by atoms with Gasteiger partial charge < -0.3 is 10.3 Å². The molecule has 4 rings (SSSR count). The topological polar surface area (TPSA) is 130 Å². The number of nitrogens with one attached hydrogen (secondary N) is 3. The Labute approximate surface area is 189 Å². The van der Waals surface area contributed by atoms with E-state index in [0.717, 1.165) is 0 Å². The van der Waals surface area contributed by atoms with Gasteiger partial charge in [-0.3, -0.25) is 4.79 Å². The molecule has 0 aliphatic rings. The molecule has 0 amide bonds. The Balaban J connectivity index is 1.52. The van der Waals surface area contributed by atoms with Crippen LogP contribution in [-0.4, -0.2) is 33.3 Å². The van der Waals surface area contributed by atoms with Crippen molar-refractivity contribution < 1.29 is 8.42 Å². The van der Waals surface area contributed by atoms with Gasteiger partial charge in [0.1, 0.15) is 4.99 Å². The molecule has 0 saturated carbocycles. The van der Waals surface area contributed by atoms with E-state index in [4.69, 9.17) is 12.2 Å². The summed E-state index contributed by atoms with van der Waals surface area (Å²) in [5.74, 6) is 0.228. The molecular weight excluding hydrogens is 448 g/mol. The molecule has 0 saturated heterocycles. The number of aromatic nitrogens is 4. The van der Waals surface area contributed by atoms with Gasteiger partial charge in [-0.2, -0.15) is 0 Å². The van der Waals surface area contributed by atoms with Crippen LogP contribution in [0.2, 0.25) is 0 Å². The second-order valence-electron chi connectivity index (χ2n) is 6.99. The number of aryl methyl sites for hydroxylation is 2. The quantitative estimate of drug-likeness (QED) is 0.383. The average molecular weight is 467 g/mol. The molecule has 11 heteroatoms. The molecule has 0 bridgehead atoms. The first kappa shape index (κ1) is 21.5. The molecule has 162 valence electrons. The molecule has 0 aliphatic heterocycles. The monoisotopic (exact) mass is 466 g/mol. The van der Waals surface area contributed by atoms with Crippen LogP contribution in [0.5, 0.6) is 0 Å². The third-order valence-corrected chi connectivity index (χ3v) is 6.10. The molecule has 0 aliphatic carbocycles. The summed E-state index contributed by atoms with van der Waals surface area (Å²) in [6.07, 6.45) is 0. The van der Waals surface area contributed by atoms with Gasteiger partial charge in [-0.25, -0.2) is 28.1 Å². The maximum Gasteiger partial charge on any atom is 0.264 e. The van der Waals surface area contributed by atoms with E-state index in [0.29, 0.717) is 28.0 Å². The summed E-state index contributed by atoms with van der Waals surface area (Å²) < 4.78 is 27.7. The van der Waals surface area contributed by atoms with Crippen molar-refractivity contribution in [3.05, 3.63) is 82.2 Å². The number of H-pyrrole nitrogens is 1. The number of hydrogen-bond acceptors (Lipinski definition) is 7. The van der Waals surface area contributed by atoms with Crippen LogP contribution >= 0.6 is 12.2 Å². The highest BCUT2D eigenvalue weighted by molar-refractivity contribution is 7.92. The highest BCUT2D eigenvalue weighted by Crippen LogP contribution is 2.18. The third-order valence-electron chi connectivity index (χ3n) is 4.46. The zero-order valence-electron chi connectivity index (χ0n) is 17.1. The molecule has 0 unspecified atom stereocenters. The molecular formula is C21H18N6O3S2. The van der Waals surface area contributed by atoms with E-state index in [9.17, 15) is 13.2 Å². The molecule has 3 N–H and O–H groups in total. The number of sulfonamides is 1. The minimum Gasteiger partial charge on any atom is -0.344 e. The Morgan fingerprint density at radius 1 is 0.969 bits per heavy atom. The number of para-hydroxylation sites is 1. The standard InChI is InChI=1S/C21H18N6O3S2/c1-12-11-13(2)23-21(22-12)27-32(29,30)15-9-7-14(8-10-15)24-20(31)18-25-17-6-4-3-5-16(17)19(28)26-18/h3-11H,1-2H3,(H,24,31)(H,22,23,27)(H,25,26,28). The second-order valence-corrected chi connectivity index (χ2v) is 9.08. The average Bonchev–Trinajstić information content (AvgIpc) is 2.73. The molecule has 0 spiro atoms. The summed E-state index contributed by atoms with van der Waals surface area (Å²) in [6.45, 7) is 3.51. The lowest BCUT2D eigenvalue weighted by Crippen LogP contribution is -2.20. The Morgan fingerprint density at radius 2 is 1.62 bits per heavy atom. The number of rotatable bonds is 5. The molecule has 32 heavy (non-hydrogen) atoms. The van der Waals surface area contributed by atoms with Crippen LogP contribution in [0.25, 0.3) is 10.9 Å². The lowest BCUT2D eigenvalue weighted by atomic mass is 10.2. The molecule has 2 aromatic carbocycles. The molecule has 9 nitrogen and oxygen atoms in total. The first-order valence-corrected chi connectivity index (χ1v) is 11.4. The van der Waals surface area contributed by atoms with Crippen molar-refractivity contribution in [1.82, 2.24) is 19.9 Å². The number of thiocarbonyl (C=S) groups is 1. The van der Waals surface area contributed by atoms with Gasteiger partial charge in [0.25, 0.3) is 15.6 Å². The molecule has 4 aromatic rings. The fraction of sp³-hybridized carbons (Fsp3) is 0.0952. The van der Waals surface area contributed by atoms with Crippen molar-refractivity contribution in [2.75, 3.05) is 10.0 Å². The molecule has 2 heterocycles. The lowest BCUT2D eigenvalue weighted by Gasteiger charge is -2.10. The second kappa shape index (κ2) is 8.44. The predicted molar refractivity (Wildman–Crippen MR) is 126 cm³/mol. The van der Waals surface area contributed by atoms with Crippen molar-refractivity contribution in [3.63, 3.8) is 0 Å². The highest BCUT2D eigenvalue weighted by atomic mass is 32.2.